The molecule has 1 aliphatic carbocycles. The molecule has 0 aliphatic heterocycles. The van der Waals surface area contributed by atoms with Gasteiger partial charge in [-0.15, -0.1) is 0 Å². The molecule has 3 heteroatoms. The van der Waals surface area contributed by atoms with E-state index in [1.165, 1.54) is 17.5 Å². The van der Waals surface area contributed by atoms with Gasteiger partial charge in [0.1, 0.15) is 0 Å². The predicted octanol–water partition coefficient (Wildman–Crippen LogP) is 2.08. The summed E-state index contributed by atoms with van der Waals surface area (Å²) >= 11 is 0. The van der Waals surface area contributed by atoms with Crippen LogP contribution in [0, 0.1) is 0 Å². The Morgan fingerprint density at radius 3 is 2.75 bits per heavy atom. The first-order valence-corrected chi connectivity index (χ1v) is 5.75. The van der Waals surface area contributed by atoms with E-state index in [4.69, 9.17) is 15.2 Å². The summed E-state index contributed by atoms with van der Waals surface area (Å²) in [6, 6.07) is 4.13. The molecule has 1 atom stereocenters. The molecule has 0 saturated carbocycles. The number of hydrogen-bond donors (Lipinski definition) is 1. The SMILES string of the molecule is COc1ccc2c(c1OC)[C@@H](CCN)CC2. The number of methoxy groups -OCH3 is 2. The Bertz CT molecular complexity index is 374. The molecule has 0 unspecified atom stereocenters. The number of benzene rings is 1. The van der Waals surface area contributed by atoms with Gasteiger partial charge in [0.15, 0.2) is 11.5 Å². The van der Waals surface area contributed by atoms with Crippen LogP contribution in [0.25, 0.3) is 0 Å². The van der Waals surface area contributed by atoms with Crippen molar-refractivity contribution in [2.45, 2.75) is 25.2 Å². The third-order valence-corrected chi connectivity index (χ3v) is 3.36. The van der Waals surface area contributed by atoms with E-state index in [0.29, 0.717) is 5.92 Å². The Labute approximate surface area is 96.5 Å². The molecule has 88 valence electrons. The van der Waals surface area contributed by atoms with Crippen LogP contribution in [0.15, 0.2) is 12.1 Å². The van der Waals surface area contributed by atoms with Gasteiger partial charge in [-0.05, 0) is 43.4 Å². The van der Waals surface area contributed by atoms with Crippen LogP contribution in [0.3, 0.4) is 0 Å². The van der Waals surface area contributed by atoms with E-state index in [9.17, 15) is 0 Å². The number of fused-ring (bicyclic) bond motifs is 1. The highest BCUT2D eigenvalue weighted by Crippen LogP contribution is 2.45. The molecular weight excluding hydrogens is 202 g/mol. The van der Waals surface area contributed by atoms with Crippen molar-refractivity contribution in [2.75, 3.05) is 20.8 Å². The number of nitrogens with two attached hydrogens (primary N) is 1. The van der Waals surface area contributed by atoms with Crippen molar-refractivity contribution in [3.05, 3.63) is 23.3 Å². The molecule has 2 rings (SSSR count). The second-order valence-corrected chi connectivity index (χ2v) is 4.19. The van der Waals surface area contributed by atoms with Crippen LogP contribution in [0.5, 0.6) is 11.5 Å². The average Bonchev–Trinajstić information content (AvgIpc) is 2.72. The monoisotopic (exact) mass is 221 g/mol. The van der Waals surface area contributed by atoms with Crippen molar-refractivity contribution < 1.29 is 9.47 Å². The summed E-state index contributed by atoms with van der Waals surface area (Å²) in [6.07, 6.45) is 3.33. The fourth-order valence-corrected chi connectivity index (χ4v) is 2.62. The van der Waals surface area contributed by atoms with Crippen molar-refractivity contribution in [3.8, 4) is 11.5 Å². The van der Waals surface area contributed by atoms with E-state index in [-0.39, 0.29) is 0 Å². The summed E-state index contributed by atoms with van der Waals surface area (Å²) in [5, 5.41) is 0. The van der Waals surface area contributed by atoms with Crippen LogP contribution in [0.2, 0.25) is 0 Å². The van der Waals surface area contributed by atoms with Crippen molar-refractivity contribution in [3.63, 3.8) is 0 Å². The van der Waals surface area contributed by atoms with E-state index >= 15 is 0 Å². The minimum atomic E-state index is 0.532. The second kappa shape index (κ2) is 4.74. The maximum atomic E-state index is 5.66. The first-order chi connectivity index (χ1) is 7.81. The number of aryl methyl sites for hydroxylation is 1. The molecule has 0 saturated heterocycles. The first-order valence-electron chi connectivity index (χ1n) is 5.75. The van der Waals surface area contributed by atoms with E-state index in [2.05, 4.69) is 6.07 Å². The third-order valence-electron chi connectivity index (χ3n) is 3.36. The van der Waals surface area contributed by atoms with Gasteiger partial charge in [0.05, 0.1) is 14.2 Å². The molecule has 0 spiro atoms. The Kier molecular flexibility index (Phi) is 3.34. The lowest BCUT2D eigenvalue weighted by atomic mass is 9.96. The molecule has 0 amide bonds. The smallest absolute Gasteiger partial charge is 0.164 e. The van der Waals surface area contributed by atoms with Crippen LogP contribution in [0.4, 0.5) is 0 Å². The van der Waals surface area contributed by atoms with Gasteiger partial charge in [-0.2, -0.15) is 0 Å². The highest BCUT2D eigenvalue weighted by molar-refractivity contribution is 5.54. The van der Waals surface area contributed by atoms with Crippen molar-refractivity contribution in [2.24, 2.45) is 5.73 Å². The lowest BCUT2D eigenvalue weighted by Crippen LogP contribution is -2.06. The zero-order valence-corrected chi connectivity index (χ0v) is 9.95. The van der Waals surface area contributed by atoms with E-state index in [1.807, 2.05) is 6.07 Å². The minimum Gasteiger partial charge on any atom is -0.493 e. The Morgan fingerprint density at radius 2 is 2.12 bits per heavy atom. The lowest BCUT2D eigenvalue weighted by Gasteiger charge is -2.16. The van der Waals surface area contributed by atoms with Crippen LogP contribution < -0.4 is 15.2 Å². The van der Waals surface area contributed by atoms with E-state index in [0.717, 1.165) is 30.9 Å². The minimum absolute atomic E-state index is 0.532. The molecule has 2 N–H and O–H groups in total. The van der Waals surface area contributed by atoms with Crippen LogP contribution in [0.1, 0.15) is 29.9 Å². The molecule has 3 nitrogen and oxygen atoms in total. The molecule has 0 aromatic heterocycles. The average molecular weight is 221 g/mol. The van der Waals surface area contributed by atoms with Crippen molar-refractivity contribution >= 4 is 0 Å². The largest absolute Gasteiger partial charge is 0.493 e. The van der Waals surface area contributed by atoms with Gasteiger partial charge in [0.25, 0.3) is 0 Å². The number of rotatable bonds is 4. The first kappa shape index (κ1) is 11.3. The third kappa shape index (κ3) is 1.76. The van der Waals surface area contributed by atoms with E-state index < -0.39 is 0 Å². The van der Waals surface area contributed by atoms with Gasteiger partial charge in [0, 0.05) is 5.56 Å². The molecule has 0 heterocycles. The topological polar surface area (TPSA) is 44.5 Å². The van der Waals surface area contributed by atoms with Gasteiger partial charge in [-0.25, -0.2) is 0 Å². The summed E-state index contributed by atoms with van der Waals surface area (Å²) in [5.74, 6) is 2.26. The highest BCUT2D eigenvalue weighted by atomic mass is 16.5. The summed E-state index contributed by atoms with van der Waals surface area (Å²) in [5.41, 5.74) is 8.35. The summed E-state index contributed by atoms with van der Waals surface area (Å²) in [7, 11) is 3.38. The normalized spacial score (nSPS) is 18.3. The Balaban J connectivity index is 2.44. The molecule has 0 radical (unpaired) electrons. The van der Waals surface area contributed by atoms with Gasteiger partial charge >= 0.3 is 0 Å². The van der Waals surface area contributed by atoms with E-state index in [1.54, 1.807) is 14.2 Å². The molecule has 1 aliphatic rings. The maximum absolute atomic E-state index is 5.66. The zero-order chi connectivity index (χ0) is 11.5. The molecular formula is C13H19NO2. The maximum Gasteiger partial charge on any atom is 0.164 e. The second-order valence-electron chi connectivity index (χ2n) is 4.19. The molecule has 1 aromatic rings. The highest BCUT2D eigenvalue weighted by Gasteiger charge is 2.27. The molecule has 0 bridgehead atoms. The fraction of sp³-hybridized carbons (Fsp3) is 0.538. The molecule has 1 aromatic carbocycles. The molecule has 0 fully saturated rings. The van der Waals surface area contributed by atoms with Gasteiger partial charge in [-0.3, -0.25) is 0 Å². The summed E-state index contributed by atoms with van der Waals surface area (Å²) in [4.78, 5) is 0. The Hall–Kier alpha value is -1.22. The van der Waals surface area contributed by atoms with Crippen molar-refractivity contribution in [1.82, 2.24) is 0 Å². The van der Waals surface area contributed by atoms with Crippen LogP contribution in [-0.4, -0.2) is 20.8 Å². The van der Waals surface area contributed by atoms with Crippen LogP contribution >= 0.6 is 0 Å². The van der Waals surface area contributed by atoms with Gasteiger partial charge < -0.3 is 15.2 Å². The van der Waals surface area contributed by atoms with Crippen LogP contribution in [-0.2, 0) is 6.42 Å². The quantitative estimate of drug-likeness (QED) is 0.846. The molecule has 16 heavy (non-hydrogen) atoms. The standard InChI is InChI=1S/C13H19NO2/c1-15-11-6-5-9-3-4-10(7-8-14)12(9)13(11)16-2/h5-6,10H,3-4,7-8,14H2,1-2H3/t10-/m1/s1. The van der Waals surface area contributed by atoms with Gasteiger partial charge in [0.2, 0.25) is 0 Å². The van der Waals surface area contributed by atoms with Crippen molar-refractivity contribution in [1.29, 1.82) is 0 Å². The number of ether oxygens (including phenoxy) is 2. The summed E-state index contributed by atoms with van der Waals surface area (Å²) < 4.78 is 10.8. The van der Waals surface area contributed by atoms with Gasteiger partial charge in [-0.1, -0.05) is 6.07 Å². The predicted molar refractivity (Wildman–Crippen MR) is 64.3 cm³/mol. The summed E-state index contributed by atoms with van der Waals surface area (Å²) in [6.45, 7) is 0.727. The number of hydrogen-bond acceptors (Lipinski definition) is 3. The lowest BCUT2D eigenvalue weighted by molar-refractivity contribution is 0.349. The Morgan fingerprint density at radius 1 is 1.31 bits per heavy atom. The fourth-order valence-electron chi connectivity index (χ4n) is 2.62. The zero-order valence-electron chi connectivity index (χ0n) is 9.95.